The fraction of sp³-hybridized carbons (Fsp3) is 0.0333. The van der Waals surface area contributed by atoms with Crippen LogP contribution in [0.25, 0.3) is 33.2 Å². The van der Waals surface area contributed by atoms with Gasteiger partial charge in [-0.15, -0.1) is 0 Å². The molecule has 5 aromatic carbocycles. The van der Waals surface area contributed by atoms with Crippen molar-refractivity contribution in [2.24, 2.45) is 0 Å². The predicted molar refractivity (Wildman–Crippen MR) is 137 cm³/mol. The van der Waals surface area contributed by atoms with Crippen LogP contribution in [0.15, 0.2) is 103 Å². The fourth-order valence-electron chi connectivity index (χ4n) is 4.00. The van der Waals surface area contributed by atoms with Gasteiger partial charge < -0.3 is 4.74 Å². The van der Waals surface area contributed by atoms with E-state index in [1.54, 1.807) is 0 Å². The molecule has 0 N–H and O–H groups in total. The van der Waals surface area contributed by atoms with E-state index in [-0.39, 0.29) is 0 Å². The van der Waals surface area contributed by atoms with Crippen molar-refractivity contribution < 1.29 is 4.74 Å². The minimum Gasteiger partial charge on any atom is -0.488 e. The van der Waals surface area contributed by atoms with Crippen molar-refractivity contribution in [3.05, 3.63) is 125 Å². The molecule has 0 fully saturated rings. The van der Waals surface area contributed by atoms with Gasteiger partial charge in [-0.2, -0.15) is 5.26 Å². The van der Waals surface area contributed by atoms with Crippen molar-refractivity contribution >= 4 is 44.8 Å². The Morgan fingerprint density at radius 1 is 0.788 bits per heavy atom. The Morgan fingerprint density at radius 3 is 2.30 bits per heavy atom. The maximum Gasteiger partial charge on any atom is 0.127 e. The van der Waals surface area contributed by atoms with Gasteiger partial charge in [0.1, 0.15) is 12.4 Å². The first-order valence-electron chi connectivity index (χ1n) is 10.7. The van der Waals surface area contributed by atoms with Crippen molar-refractivity contribution in [1.29, 1.82) is 5.26 Å². The second kappa shape index (κ2) is 9.20. The van der Waals surface area contributed by atoms with E-state index >= 15 is 0 Å². The molecule has 0 atom stereocenters. The van der Waals surface area contributed by atoms with Gasteiger partial charge in [0.25, 0.3) is 0 Å². The Morgan fingerprint density at radius 2 is 1.48 bits per heavy atom. The number of hydrogen-bond acceptors (Lipinski definition) is 2. The first kappa shape index (κ1) is 20.8. The van der Waals surface area contributed by atoms with Crippen LogP contribution in [0.2, 0.25) is 5.02 Å². The fourth-order valence-corrected chi connectivity index (χ4v) is 4.19. The molecule has 0 radical (unpaired) electrons. The Labute approximate surface area is 197 Å². The maximum absolute atomic E-state index is 10.0. The summed E-state index contributed by atoms with van der Waals surface area (Å²) in [7, 11) is 0. The lowest BCUT2D eigenvalue weighted by Crippen LogP contribution is -1.98. The number of hydrogen-bond donors (Lipinski definition) is 0. The molecule has 0 heterocycles. The highest BCUT2D eigenvalue weighted by molar-refractivity contribution is 6.31. The molecule has 0 saturated carbocycles. The molecule has 0 spiro atoms. The SMILES string of the molecule is N#CC(=Cc1c(OCc2ccccc2Cl)ccc2ccccc12)c1ccc2ccccc2c1. The Bertz CT molecular complexity index is 1540. The zero-order valence-electron chi connectivity index (χ0n) is 17.8. The molecule has 0 amide bonds. The van der Waals surface area contributed by atoms with Gasteiger partial charge in [0.05, 0.1) is 11.6 Å². The van der Waals surface area contributed by atoms with Crippen LogP contribution in [0.1, 0.15) is 16.7 Å². The van der Waals surface area contributed by atoms with E-state index in [0.29, 0.717) is 23.0 Å². The summed E-state index contributed by atoms with van der Waals surface area (Å²) < 4.78 is 6.23. The van der Waals surface area contributed by atoms with Gasteiger partial charge in [-0.05, 0) is 51.4 Å². The van der Waals surface area contributed by atoms with Crippen LogP contribution in [0.4, 0.5) is 0 Å². The predicted octanol–water partition coefficient (Wildman–Crippen LogP) is 8.29. The lowest BCUT2D eigenvalue weighted by molar-refractivity contribution is 0.306. The molecule has 0 saturated heterocycles. The van der Waals surface area contributed by atoms with Gasteiger partial charge >= 0.3 is 0 Å². The highest BCUT2D eigenvalue weighted by atomic mass is 35.5. The third kappa shape index (κ3) is 4.32. The van der Waals surface area contributed by atoms with Crippen LogP contribution in [0.5, 0.6) is 5.75 Å². The summed E-state index contributed by atoms with van der Waals surface area (Å²) in [5.41, 5.74) is 3.25. The van der Waals surface area contributed by atoms with Crippen LogP contribution in [-0.2, 0) is 6.61 Å². The number of fused-ring (bicyclic) bond motifs is 2. The highest BCUT2D eigenvalue weighted by Crippen LogP contribution is 2.33. The van der Waals surface area contributed by atoms with E-state index in [1.807, 2.05) is 78.9 Å². The number of ether oxygens (including phenoxy) is 1. The monoisotopic (exact) mass is 445 g/mol. The largest absolute Gasteiger partial charge is 0.488 e. The first-order chi connectivity index (χ1) is 16.2. The zero-order valence-corrected chi connectivity index (χ0v) is 18.6. The third-order valence-electron chi connectivity index (χ3n) is 5.74. The summed E-state index contributed by atoms with van der Waals surface area (Å²) in [6, 6.07) is 36.4. The van der Waals surface area contributed by atoms with E-state index in [4.69, 9.17) is 16.3 Å². The number of benzene rings is 5. The van der Waals surface area contributed by atoms with Crippen molar-refractivity contribution in [3.63, 3.8) is 0 Å². The average Bonchev–Trinajstić information content (AvgIpc) is 2.87. The number of nitrogens with zero attached hydrogens (tertiary/aromatic N) is 1. The molecule has 3 heteroatoms. The molecule has 0 aromatic heterocycles. The average molecular weight is 446 g/mol. The molecule has 0 unspecified atom stereocenters. The van der Waals surface area contributed by atoms with Crippen LogP contribution >= 0.6 is 11.6 Å². The standard InChI is InChI=1S/C30H20ClNO/c31-29-12-6-4-10-25(29)20-33-30-16-15-22-8-3-5-11-27(22)28(30)18-26(19-32)24-14-13-21-7-1-2-9-23(21)17-24/h1-18H,20H2. The molecule has 5 aromatic rings. The summed E-state index contributed by atoms with van der Waals surface area (Å²) in [5, 5.41) is 15.1. The van der Waals surface area contributed by atoms with Gasteiger partial charge in [-0.3, -0.25) is 0 Å². The normalized spacial score (nSPS) is 11.5. The van der Waals surface area contributed by atoms with Crippen LogP contribution in [0.3, 0.4) is 0 Å². The molecule has 2 nitrogen and oxygen atoms in total. The molecule has 0 aliphatic heterocycles. The van der Waals surface area contributed by atoms with Gasteiger partial charge in [-0.25, -0.2) is 0 Å². The van der Waals surface area contributed by atoms with Crippen LogP contribution < -0.4 is 4.74 Å². The minimum atomic E-state index is 0.344. The summed E-state index contributed by atoms with van der Waals surface area (Å²) in [6.07, 6.45) is 1.92. The van der Waals surface area contributed by atoms with Crippen molar-refractivity contribution in [3.8, 4) is 11.8 Å². The van der Waals surface area contributed by atoms with Crippen molar-refractivity contribution in [1.82, 2.24) is 0 Å². The molecular weight excluding hydrogens is 426 g/mol. The zero-order chi connectivity index (χ0) is 22.6. The van der Waals surface area contributed by atoms with Gasteiger partial charge in [0.15, 0.2) is 0 Å². The van der Waals surface area contributed by atoms with E-state index < -0.39 is 0 Å². The number of nitriles is 1. The van der Waals surface area contributed by atoms with E-state index in [9.17, 15) is 5.26 Å². The highest BCUT2D eigenvalue weighted by Gasteiger charge is 2.11. The Kier molecular flexibility index (Phi) is 5.81. The number of rotatable bonds is 5. The van der Waals surface area contributed by atoms with E-state index in [2.05, 4.69) is 36.4 Å². The second-order valence-corrected chi connectivity index (χ2v) is 8.22. The third-order valence-corrected chi connectivity index (χ3v) is 6.11. The van der Waals surface area contributed by atoms with Gasteiger partial charge in [0.2, 0.25) is 0 Å². The van der Waals surface area contributed by atoms with E-state index in [1.165, 1.54) is 0 Å². The molecular formula is C30H20ClNO. The topological polar surface area (TPSA) is 33.0 Å². The molecule has 5 rings (SSSR count). The van der Waals surface area contributed by atoms with Gasteiger partial charge in [0, 0.05) is 16.1 Å². The molecule has 158 valence electrons. The second-order valence-electron chi connectivity index (χ2n) is 7.81. The Balaban J connectivity index is 1.61. The minimum absolute atomic E-state index is 0.344. The summed E-state index contributed by atoms with van der Waals surface area (Å²) >= 11 is 6.32. The first-order valence-corrected chi connectivity index (χ1v) is 11.1. The lowest BCUT2D eigenvalue weighted by Gasteiger charge is -2.14. The molecule has 0 aliphatic carbocycles. The maximum atomic E-state index is 10.0. The quantitative estimate of drug-likeness (QED) is 0.201. The summed E-state index contributed by atoms with van der Waals surface area (Å²) in [4.78, 5) is 0. The summed E-state index contributed by atoms with van der Waals surface area (Å²) in [5.74, 6) is 0.710. The van der Waals surface area contributed by atoms with E-state index in [0.717, 1.165) is 38.2 Å². The van der Waals surface area contributed by atoms with Crippen LogP contribution in [-0.4, -0.2) is 0 Å². The molecule has 33 heavy (non-hydrogen) atoms. The number of halogens is 1. The molecule has 0 aliphatic rings. The number of allylic oxidation sites excluding steroid dienone is 1. The van der Waals surface area contributed by atoms with Crippen molar-refractivity contribution in [2.45, 2.75) is 6.61 Å². The van der Waals surface area contributed by atoms with Crippen molar-refractivity contribution in [2.75, 3.05) is 0 Å². The Hall–Kier alpha value is -4.06. The van der Waals surface area contributed by atoms with Crippen LogP contribution in [0, 0.1) is 11.3 Å². The summed E-state index contributed by atoms with van der Waals surface area (Å²) in [6.45, 7) is 0.344. The smallest absolute Gasteiger partial charge is 0.127 e. The van der Waals surface area contributed by atoms with Gasteiger partial charge in [-0.1, -0.05) is 96.5 Å². The lowest BCUT2D eigenvalue weighted by atomic mass is 9.97. The molecule has 0 bridgehead atoms.